The van der Waals surface area contributed by atoms with E-state index in [1.54, 1.807) is 12.1 Å². The Balaban J connectivity index is 2.18. The largest absolute Gasteiger partial charge is 0.443 e. The highest BCUT2D eigenvalue weighted by atomic mass is 35.5. The van der Waals surface area contributed by atoms with E-state index in [4.69, 9.17) is 16.3 Å². The summed E-state index contributed by atoms with van der Waals surface area (Å²) in [6.07, 6.45) is 0.362. The van der Waals surface area contributed by atoms with Crippen molar-refractivity contribution in [3.05, 3.63) is 24.5 Å². The minimum atomic E-state index is -0.614. The molecule has 2 rings (SSSR count). The molecular weight excluding hydrogens is 306 g/mol. The lowest BCUT2D eigenvalue weighted by Gasteiger charge is -2.19. The van der Waals surface area contributed by atoms with Crippen LogP contribution in [0.4, 0.5) is 10.5 Å². The van der Waals surface area contributed by atoms with E-state index in [1.807, 2.05) is 26.8 Å². The van der Waals surface area contributed by atoms with Gasteiger partial charge in [-0.25, -0.2) is 14.3 Å². The lowest BCUT2D eigenvalue weighted by atomic mass is 10.2. The number of hydrogen-bond acceptors (Lipinski definition) is 5. The molecule has 1 atom stereocenters. The Morgan fingerprint density at radius 1 is 1.50 bits per heavy atom. The average Bonchev–Trinajstić information content (AvgIpc) is 2.86. The number of benzene rings is 1. The molecule has 0 aliphatic rings. The first-order valence-corrected chi connectivity index (χ1v) is 7.52. The highest BCUT2D eigenvalue weighted by Crippen LogP contribution is 2.19. The summed E-state index contributed by atoms with van der Waals surface area (Å²) >= 11 is 5.55. The number of aliphatic hydroxyl groups is 1. The summed E-state index contributed by atoms with van der Waals surface area (Å²) in [4.78, 5) is 16.3. The van der Waals surface area contributed by atoms with Crippen LogP contribution < -0.4 is 5.32 Å². The highest BCUT2D eigenvalue weighted by molar-refractivity contribution is 6.18. The molecule has 1 heterocycles. The molecule has 0 spiro atoms. The van der Waals surface area contributed by atoms with Crippen LogP contribution >= 0.6 is 11.6 Å². The summed E-state index contributed by atoms with van der Waals surface area (Å²) in [5.74, 6) is 0.169. The second kappa shape index (κ2) is 6.54. The van der Waals surface area contributed by atoms with E-state index in [1.165, 1.54) is 10.9 Å². The summed E-state index contributed by atoms with van der Waals surface area (Å²) in [6, 6.07) is 5.39. The molecule has 0 amide bonds. The number of aliphatic hydroxyl groups excluding tert-OH is 1. The van der Waals surface area contributed by atoms with Crippen LogP contribution in [-0.4, -0.2) is 44.9 Å². The number of aromatic nitrogens is 2. The first-order chi connectivity index (χ1) is 10.3. The maximum absolute atomic E-state index is 12.1. The number of anilines is 1. The molecule has 22 heavy (non-hydrogen) atoms. The standard InChI is InChI=1S/C15H20ClN3O3/c1-15(2,3)22-14(21)19-9-18-12-6-10(4-5-13(12)19)17-8-11(20)7-16/h4-6,9,11,17,20H,7-8H2,1-3H3. The van der Waals surface area contributed by atoms with E-state index < -0.39 is 17.8 Å². The topological polar surface area (TPSA) is 76.4 Å². The van der Waals surface area contributed by atoms with Crippen molar-refractivity contribution >= 4 is 34.4 Å². The molecule has 1 aromatic heterocycles. The second-order valence-electron chi connectivity index (χ2n) is 5.99. The molecule has 0 aliphatic heterocycles. The van der Waals surface area contributed by atoms with Crippen LogP contribution in [0.5, 0.6) is 0 Å². The maximum Gasteiger partial charge on any atom is 0.420 e. The Bertz CT molecular complexity index is 664. The van der Waals surface area contributed by atoms with Gasteiger partial charge in [-0.1, -0.05) is 0 Å². The Kier molecular flexibility index (Phi) is 4.93. The van der Waals surface area contributed by atoms with E-state index in [0.717, 1.165) is 5.69 Å². The van der Waals surface area contributed by atoms with Crippen LogP contribution in [0.2, 0.25) is 0 Å². The molecule has 0 saturated carbocycles. The number of imidazole rings is 1. The number of carbonyl (C=O) groups excluding carboxylic acids is 1. The van der Waals surface area contributed by atoms with Gasteiger partial charge in [-0.05, 0) is 39.0 Å². The molecule has 2 aromatic rings. The van der Waals surface area contributed by atoms with Crippen molar-refractivity contribution in [1.29, 1.82) is 0 Å². The number of ether oxygens (including phenoxy) is 1. The summed E-state index contributed by atoms with van der Waals surface area (Å²) in [6.45, 7) is 5.79. The van der Waals surface area contributed by atoms with Gasteiger partial charge in [0, 0.05) is 12.2 Å². The number of rotatable bonds is 4. The smallest absolute Gasteiger partial charge is 0.420 e. The van der Waals surface area contributed by atoms with Crippen molar-refractivity contribution in [1.82, 2.24) is 9.55 Å². The molecule has 0 aliphatic carbocycles. The van der Waals surface area contributed by atoms with Gasteiger partial charge in [0.15, 0.2) is 0 Å². The molecule has 0 radical (unpaired) electrons. The van der Waals surface area contributed by atoms with Crippen molar-refractivity contribution in [2.45, 2.75) is 32.5 Å². The minimum Gasteiger partial charge on any atom is -0.443 e. The molecule has 0 fully saturated rings. The van der Waals surface area contributed by atoms with Crippen molar-refractivity contribution in [3.63, 3.8) is 0 Å². The first kappa shape index (κ1) is 16.6. The predicted molar refractivity (Wildman–Crippen MR) is 86.6 cm³/mol. The van der Waals surface area contributed by atoms with Crippen LogP contribution in [0.3, 0.4) is 0 Å². The average molecular weight is 326 g/mol. The van der Waals surface area contributed by atoms with E-state index in [9.17, 15) is 9.90 Å². The van der Waals surface area contributed by atoms with Crippen molar-refractivity contribution in [3.8, 4) is 0 Å². The zero-order chi connectivity index (χ0) is 16.3. The van der Waals surface area contributed by atoms with Gasteiger partial charge in [-0.15, -0.1) is 11.6 Å². The number of halogens is 1. The Morgan fingerprint density at radius 3 is 2.86 bits per heavy atom. The van der Waals surface area contributed by atoms with Crippen molar-refractivity contribution < 1.29 is 14.6 Å². The van der Waals surface area contributed by atoms with Gasteiger partial charge in [-0.3, -0.25) is 0 Å². The maximum atomic E-state index is 12.1. The van der Waals surface area contributed by atoms with Gasteiger partial charge in [-0.2, -0.15) is 0 Å². The molecule has 6 nitrogen and oxygen atoms in total. The fraction of sp³-hybridized carbons (Fsp3) is 0.467. The number of alkyl halides is 1. The SMILES string of the molecule is CC(C)(C)OC(=O)n1cnc2cc(NCC(O)CCl)ccc21. The van der Waals surface area contributed by atoms with Crippen LogP contribution in [0, 0.1) is 0 Å². The Hall–Kier alpha value is -1.79. The van der Waals surface area contributed by atoms with E-state index in [2.05, 4.69) is 10.3 Å². The molecule has 0 saturated heterocycles. The molecule has 1 unspecified atom stereocenters. The molecule has 120 valence electrons. The highest BCUT2D eigenvalue weighted by Gasteiger charge is 2.19. The first-order valence-electron chi connectivity index (χ1n) is 6.98. The second-order valence-corrected chi connectivity index (χ2v) is 6.30. The van der Waals surface area contributed by atoms with E-state index >= 15 is 0 Å². The lowest BCUT2D eigenvalue weighted by Crippen LogP contribution is -2.26. The fourth-order valence-electron chi connectivity index (χ4n) is 1.87. The van der Waals surface area contributed by atoms with Gasteiger partial charge >= 0.3 is 6.09 Å². The molecule has 1 aromatic carbocycles. The van der Waals surface area contributed by atoms with Crippen LogP contribution in [0.15, 0.2) is 24.5 Å². The third-order valence-corrected chi connectivity index (χ3v) is 3.21. The predicted octanol–water partition coefficient (Wildman–Crippen LogP) is 2.83. The Labute approximate surface area is 134 Å². The zero-order valence-corrected chi connectivity index (χ0v) is 13.6. The number of fused-ring (bicyclic) bond motifs is 1. The minimum absolute atomic E-state index is 0.169. The van der Waals surface area contributed by atoms with Crippen LogP contribution in [0.1, 0.15) is 20.8 Å². The van der Waals surface area contributed by atoms with Gasteiger partial charge in [0.1, 0.15) is 11.9 Å². The number of hydrogen-bond donors (Lipinski definition) is 2. The number of nitrogens with one attached hydrogen (secondary N) is 1. The Morgan fingerprint density at radius 2 is 2.23 bits per heavy atom. The quantitative estimate of drug-likeness (QED) is 0.845. The molecule has 2 N–H and O–H groups in total. The monoisotopic (exact) mass is 325 g/mol. The fourth-order valence-corrected chi connectivity index (χ4v) is 1.98. The summed E-state index contributed by atoms with van der Waals surface area (Å²) in [5, 5.41) is 12.5. The van der Waals surface area contributed by atoms with E-state index in [0.29, 0.717) is 17.6 Å². The van der Waals surface area contributed by atoms with Crippen molar-refractivity contribution in [2.75, 3.05) is 17.7 Å². The number of carbonyl (C=O) groups is 1. The summed E-state index contributed by atoms with van der Waals surface area (Å²) < 4.78 is 6.71. The normalized spacial score (nSPS) is 13.1. The zero-order valence-electron chi connectivity index (χ0n) is 12.8. The third kappa shape index (κ3) is 4.11. The van der Waals surface area contributed by atoms with Crippen LogP contribution in [0.25, 0.3) is 11.0 Å². The van der Waals surface area contributed by atoms with Gasteiger partial charge < -0.3 is 15.2 Å². The van der Waals surface area contributed by atoms with Gasteiger partial charge in [0.05, 0.1) is 23.0 Å². The van der Waals surface area contributed by atoms with Crippen LogP contribution in [-0.2, 0) is 4.74 Å². The summed E-state index contributed by atoms with van der Waals surface area (Å²) in [5.41, 5.74) is 1.56. The van der Waals surface area contributed by atoms with Gasteiger partial charge in [0.2, 0.25) is 0 Å². The third-order valence-electron chi connectivity index (χ3n) is 2.86. The molecule has 0 bridgehead atoms. The van der Waals surface area contributed by atoms with E-state index in [-0.39, 0.29) is 5.88 Å². The summed E-state index contributed by atoms with van der Waals surface area (Å²) in [7, 11) is 0. The lowest BCUT2D eigenvalue weighted by molar-refractivity contribution is 0.0543. The van der Waals surface area contributed by atoms with Gasteiger partial charge in [0.25, 0.3) is 0 Å². The number of nitrogens with zero attached hydrogens (tertiary/aromatic N) is 2. The molecule has 7 heteroatoms. The molecular formula is C15H20ClN3O3. The van der Waals surface area contributed by atoms with Crippen molar-refractivity contribution in [2.24, 2.45) is 0 Å².